The summed E-state index contributed by atoms with van der Waals surface area (Å²) in [7, 11) is 6.51. The average molecular weight is 389 g/mol. The molecule has 0 saturated heterocycles. The third-order valence-electron chi connectivity index (χ3n) is 3.87. The van der Waals surface area contributed by atoms with Gasteiger partial charge in [0.2, 0.25) is 0 Å². The molecule has 0 aliphatic carbocycles. The number of ether oxygens (including phenoxy) is 4. The van der Waals surface area contributed by atoms with Crippen molar-refractivity contribution in [2.75, 3.05) is 28.4 Å². The Morgan fingerprint density at radius 2 is 0.821 bits per heavy atom. The quantitative estimate of drug-likeness (QED) is 0.318. The van der Waals surface area contributed by atoms with Crippen LogP contribution in [0.15, 0.2) is 83.1 Å². The van der Waals surface area contributed by atoms with Gasteiger partial charge in [-0.1, -0.05) is 71.9 Å². The minimum absolute atomic E-state index is 0.302. The molecular weight excluding hydrogens is 352 g/mol. The van der Waals surface area contributed by atoms with Gasteiger partial charge in [-0.05, 0) is 38.8 Å². The van der Waals surface area contributed by atoms with E-state index in [0.29, 0.717) is 0 Å². The Bertz CT molecular complexity index is 582. The molecule has 4 heteroatoms. The molecule has 0 rings (SSSR count). The Morgan fingerprint density at radius 1 is 0.500 bits per heavy atom. The van der Waals surface area contributed by atoms with Gasteiger partial charge in [0.05, 0.1) is 0 Å². The summed E-state index contributed by atoms with van der Waals surface area (Å²) in [4.78, 5) is 0. The van der Waals surface area contributed by atoms with E-state index in [-0.39, 0.29) is 12.6 Å². The summed E-state index contributed by atoms with van der Waals surface area (Å²) >= 11 is 0. The van der Waals surface area contributed by atoms with Crippen LogP contribution >= 0.6 is 0 Å². The first-order valence-electron chi connectivity index (χ1n) is 9.22. The SMILES string of the molecule is COC(OC)/C(C)=C/C=C/C(C)=C/C=C/C=C(C)/C=C/C=C(\C)C(OC)OC. The van der Waals surface area contributed by atoms with E-state index in [4.69, 9.17) is 18.9 Å². The predicted molar refractivity (Wildman–Crippen MR) is 118 cm³/mol. The monoisotopic (exact) mass is 388 g/mol. The Morgan fingerprint density at radius 3 is 1.11 bits per heavy atom. The van der Waals surface area contributed by atoms with E-state index in [0.717, 1.165) is 22.3 Å². The van der Waals surface area contributed by atoms with Crippen molar-refractivity contribution in [3.05, 3.63) is 83.1 Å². The molecule has 28 heavy (non-hydrogen) atoms. The maximum atomic E-state index is 5.21. The zero-order chi connectivity index (χ0) is 21.4. The molecule has 0 aromatic heterocycles. The van der Waals surface area contributed by atoms with Gasteiger partial charge in [0, 0.05) is 28.4 Å². The first-order valence-corrected chi connectivity index (χ1v) is 9.22. The van der Waals surface area contributed by atoms with Gasteiger partial charge in [0.15, 0.2) is 12.6 Å². The van der Waals surface area contributed by atoms with Gasteiger partial charge in [-0.3, -0.25) is 0 Å². The van der Waals surface area contributed by atoms with Crippen molar-refractivity contribution in [2.45, 2.75) is 40.3 Å². The van der Waals surface area contributed by atoms with E-state index in [1.165, 1.54) is 0 Å². The van der Waals surface area contributed by atoms with Crippen LogP contribution in [-0.4, -0.2) is 41.0 Å². The van der Waals surface area contributed by atoms with Gasteiger partial charge in [0.1, 0.15) is 0 Å². The van der Waals surface area contributed by atoms with E-state index in [2.05, 4.69) is 26.0 Å². The average Bonchev–Trinajstić information content (AvgIpc) is 2.67. The van der Waals surface area contributed by atoms with Gasteiger partial charge in [-0.2, -0.15) is 0 Å². The Kier molecular flexibility index (Phi) is 14.9. The van der Waals surface area contributed by atoms with Crippen LogP contribution in [0.25, 0.3) is 0 Å². The van der Waals surface area contributed by atoms with Crippen LogP contribution in [0.3, 0.4) is 0 Å². The van der Waals surface area contributed by atoms with Crippen LogP contribution in [0.4, 0.5) is 0 Å². The van der Waals surface area contributed by atoms with Crippen molar-refractivity contribution in [2.24, 2.45) is 0 Å². The third-order valence-corrected chi connectivity index (χ3v) is 3.87. The summed E-state index contributed by atoms with van der Waals surface area (Å²) in [5, 5.41) is 0. The molecule has 0 aliphatic heterocycles. The topological polar surface area (TPSA) is 36.9 Å². The van der Waals surface area contributed by atoms with Crippen LogP contribution in [-0.2, 0) is 18.9 Å². The zero-order valence-electron chi connectivity index (χ0n) is 18.6. The highest BCUT2D eigenvalue weighted by molar-refractivity contribution is 5.30. The lowest BCUT2D eigenvalue weighted by atomic mass is 10.2. The van der Waals surface area contributed by atoms with Crippen LogP contribution in [0.2, 0.25) is 0 Å². The lowest BCUT2D eigenvalue weighted by Crippen LogP contribution is -2.13. The second-order valence-electron chi connectivity index (χ2n) is 6.35. The van der Waals surface area contributed by atoms with Crippen LogP contribution < -0.4 is 0 Å². The summed E-state index contributed by atoms with van der Waals surface area (Å²) in [5.41, 5.74) is 4.33. The molecule has 4 nitrogen and oxygen atoms in total. The van der Waals surface area contributed by atoms with Crippen LogP contribution in [0.5, 0.6) is 0 Å². The minimum Gasteiger partial charge on any atom is -0.352 e. The fourth-order valence-electron chi connectivity index (χ4n) is 2.32. The smallest absolute Gasteiger partial charge is 0.179 e. The van der Waals surface area contributed by atoms with Crippen molar-refractivity contribution < 1.29 is 18.9 Å². The molecule has 0 N–H and O–H groups in total. The summed E-state index contributed by atoms with van der Waals surface area (Å²) in [6.07, 6.45) is 19.6. The molecule has 0 fully saturated rings. The Labute approximate surface area is 171 Å². The summed E-state index contributed by atoms with van der Waals surface area (Å²) in [6, 6.07) is 0. The second kappa shape index (κ2) is 16.0. The highest BCUT2D eigenvalue weighted by atomic mass is 16.7. The summed E-state index contributed by atoms with van der Waals surface area (Å²) in [6.45, 7) is 8.06. The highest BCUT2D eigenvalue weighted by Gasteiger charge is 2.05. The minimum atomic E-state index is -0.302. The molecule has 0 aliphatic rings. The number of methoxy groups -OCH3 is 4. The third kappa shape index (κ3) is 11.7. The van der Waals surface area contributed by atoms with Crippen molar-refractivity contribution in [3.8, 4) is 0 Å². The molecule has 0 saturated carbocycles. The molecule has 0 atom stereocenters. The maximum Gasteiger partial charge on any atom is 0.179 e. The predicted octanol–water partition coefficient (Wildman–Crippen LogP) is 5.68. The molecule has 156 valence electrons. The van der Waals surface area contributed by atoms with Gasteiger partial charge >= 0.3 is 0 Å². The number of rotatable bonds is 12. The number of hydrogen-bond donors (Lipinski definition) is 0. The van der Waals surface area contributed by atoms with Gasteiger partial charge < -0.3 is 18.9 Å². The number of allylic oxidation sites excluding steroid dienone is 12. The lowest BCUT2D eigenvalue weighted by Gasteiger charge is -2.12. The van der Waals surface area contributed by atoms with E-state index >= 15 is 0 Å². The van der Waals surface area contributed by atoms with Gasteiger partial charge in [0.25, 0.3) is 0 Å². The molecular formula is C24H36O4. The molecule has 0 bridgehead atoms. The highest BCUT2D eigenvalue weighted by Crippen LogP contribution is 2.08. The fraction of sp³-hybridized carbons (Fsp3) is 0.417. The van der Waals surface area contributed by atoms with Gasteiger partial charge in [-0.15, -0.1) is 0 Å². The summed E-state index contributed by atoms with van der Waals surface area (Å²) in [5.74, 6) is 0. The maximum absolute atomic E-state index is 5.21. The lowest BCUT2D eigenvalue weighted by molar-refractivity contribution is -0.0748. The molecule has 0 radical (unpaired) electrons. The zero-order valence-corrected chi connectivity index (χ0v) is 18.6. The standard InChI is InChI=1S/C24H36O4/c1-19(15-11-17-21(3)23(25-5)26-6)13-9-10-14-20(2)16-12-18-22(4)24(27-7)28-8/h9-18,23-24H,1-8H3/b10-9+,15-11+,16-12+,19-13+,20-14+,21-17+,22-18+. The molecule has 0 aromatic rings. The van der Waals surface area contributed by atoms with Gasteiger partial charge in [-0.25, -0.2) is 0 Å². The first-order chi connectivity index (χ1) is 13.4. The molecule has 0 spiro atoms. The van der Waals surface area contributed by atoms with E-state index in [1.807, 2.05) is 62.5 Å². The van der Waals surface area contributed by atoms with E-state index in [1.54, 1.807) is 28.4 Å². The van der Waals surface area contributed by atoms with Crippen molar-refractivity contribution in [1.82, 2.24) is 0 Å². The molecule has 0 amide bonds. The second-order valence-corrected chi connectivity index (χ2v) is 6.35. The molecule has 0 unspecified atom stereocenters. The largest absolute Gasteiger partial charge is 0.352 e. The van der Waals surface area contributed by atoms with Crippen LogP contribution in [0, 0.1) is 0 Å². The normalized spacial score (nSPS) is 15.4. The van der Waals surface area contributed by atoms with E-state index in [9.17, 15) is 0 Å². The van der Waals surface area contributed by atoms with Crippen molar-refractivity contribution >= 4 is 0 Å². The fourth-order valence-corrected chi connectivity index (χ4v) is 2.32. The number of hydrogen-bond acceptors (Lipinski definition) is 4. The Hall–Kier alpha value is -1.98. The van der Waals surface area contributed by atoms with Crippen LogP contribution in [0.1, 0.15) is 27.7 Å². The molecule has 0 aromatic carbocycles. The Balaban J connectivity index is 4.71. The van der Waals surface area contributed by atoms with Crippen molar-refractivity contribution in [3.63, 3.8) is 0 Å². The molecule has 0 heterocycles. The van der Waals surface area contributed by atoms with Crippen molar-refractivity contribution in [1.29, 1.82) is 0 Å². The first kappa shape index (κ1) is 26.0. The summed E-state index contributed by atoms with van der Waals surface area (Å²) < 4.78 is 20.8. The van der Waals surface area contributed by atoms with E-state index < -0.39 is 0 Å².